The summed E-state index contributed by atoms with van der Waals surface area (Å²) in [5, 5.41) is 9.05. The molecule has 1 aromatic heterocycles. The monoisotopic (exact) mass is 224 g/mol. The van der Waals surface area contributed by atoms with Crippen LogP contribution in [-0.4, -0.2) is 29.6 Å². The SMILES string of the molecule is NCC1CCN(Cc2cc(=O)c(O)co2)C1. The highest BCUT2D eigenvalue weighted by molar-refractivity contribution is 5.15. The molecule has 2 rings (SSSR count). The molecule has 0 amide bonds. The summed E-state index contributed by atoms with van der Waals surface area (Å²) in [5.74, 6) is 0.786. The first kappa shape index (κ1) is 11.2. The molecule has 3 N–H and O–H groups in total. The Morgan fingerprint density at radius 1 is 1.62 bits per heavy atom. The maximum atomic E-state index is 11.2. The smallest absolute Gasteiger partial charge is 0.226 e. The van der Waals surface area contributed by atoms with Crippen molar-refractivity contribution in [2.24, 2.45) is 11.7 Å². The molecule has 1 aromatic rings. The van der Waals surface area contributed by atoms with Crippen LogP contribution < -0.4 is 11.2 Å². The first-order valence-electron chi connectivity index (χ1n) is 5.42. The Balaban J connectivity index is 1.99. The first-order chi connectivity index (χ1) is 7.69. The quantitative estimate of drug-likeness (QED) is 0.762. The van der Waals surface area contributed by atoms with Gasteiger partial charge in [-0.05, 0) is 25.4 Å². The third-order valence-corrected chi connectivity index (χ3v) is 2.95. The van der Waals surface area contributed by atoms with Gasteiger partial charge in [0.1, 0.15) is 12.0 Å². The van der Waals surface area contributed by atoms with Crippen molar-refractivity contribution >= 4 is 0 Å². The van der Waals surface area contributed by atoms with E-state index in [2.05, 4.69) is 4.90 Å². The molecule has 5 nitrogen and oxygen atoms in total. The maximum absolute atomic E-state index is 11.2. The number of hydrogen-bond acceptors (Lipinski definition) is 5. The lowest BCUT2D eigenvalue weighted by molar-refractivity contribution is 0.280. The zero-order chi connectivity index (χ0) is 11.5. The average Bonchev–Trinajstić information content (AvgIpc) is 2.71. The molecule has 0 aromatic carbocycles. The van der Waals surface area contributed by atoms with Gasteiger partial charge in [0.05, 0.1) is 6.54 Å². The van der Waals surface area contributed by atoms with Crippen molar-refractivity contribution in [1.82, 2.24) is 4.90 Å². The number of aromatic hydroxyl groups is 1. The number of rotatable bonds is 3. The van der Waals surface area contributed by atoms with Gasteiger partial charge >= 0.3 is 0 Å². The van der Waals surface area contributed by atoms with Crippen LogP contribution in [0.15, 0.2) is 21.5 Å². The molecule has 1 atom stereocenters. The summed E-state index contributed by atoms with van der Waals surface area (Å²) in [6, 6.07) is 1.34. The number of nitrogens with zero attached hydrogens (tertiary/aromatic N) is 1. The molecule has 1 aliphatic rings. The van der Waals surface area contributed by atoms with E-state index < -0.39 is 5.43 Å². The van der Waals surface area contributed by atoms with Crippen molar-refractivity contribution < 1.29 is 9.52 Å². The molecule has 0 spiro atoms. The van der Waals surface area contributed by atoms with E-state index in [4.69, 9.17) is 15.3 Å². The predicted molar refractivity (Wildman–Crippen MR) is 59.1 cm³/mol. The molecule has 1 saturated heterocycles. The molecule has 1 aliphatic heterocycles. The van der Waals surface area contributed by atoms with Gasteiger partial charge < -0.3 is 15.3 Å². The molecule has 0 aliphatic carbocycles. The van der Waals surface area contributed by atoms with Crippen LogP contribution in [0.2, 0.25) is 0 Å². The predicted octanol–water partition coefficient (Wildman–Crippen LogP) is 0.126. The molecule has 1 unspecified atom stereocenters. The van der Waals surface area contributed by atoms with E-state index in [-0.39, 0.29) is 5.75 Å². The number of nitrogens with two attached hydrogens (primary N) is 1. The van der Waals surface area contributed by atoms with Crippen LogP contribution in [0.3, 0.4) is 0 Å². The largest absolute Gasteiger partial charge is 0.502 e. The minimum atomic E-state index is -0.393. The molecule has 1 fully saturated rings. The molecule has 0 radical (unpaired) electrons. The first-order valence-corrected chi connectivity index (χ1v) is 5.42. The van der Waals surface area contributed by atoms with E-state index in [0.717, 1.165) is 25.8 Å². The Bertz CT molecular complexity index is 416. The van der Waals surface area contributed by atoms with Gasteiger partial charge in [-0.25, -0.2) is 0 Å². The zero-order valence-corrected chi connectivity index (χ0v) is 9.06. The van der Waals surface area contributed by atoms with E-state index in [1.807, 2.05) is 0 Å². The summed E-state index contributed by atoms with van der Waals surface area (Å²) in [4.78, 5) is 13.4. The fraction of sp³-hybridized carbons (Fsp3) is 0.545. The van der Waals surface area contributed by atoms with E-state index in [9.17, 15) is 4.79 Å². The van der Waals surface area contributed by atoms with E-state index in [0.29, 0.717) is 24.8 Å². The summed E-state index contributed by atoms with van der Waals surface area (Å²) in [5.41, 5.74) is 5.21. The van der Waals surface area contributed by atoms with Gasteiger partial charge in [0.2, 0.25) is 5.43 Å². The minimum Gasteiger partial charge on any atom is -0.502 e. The second kappa shape index (κ2) is 4.67. The fourth-order valence-electron chi connectivity index (χ4n) is 2.00. The highest BCUT2D eigenvalue weighted by Gasteiger charge is 2.21. The van der Waals surface area contributed by atoms with Gasteiger partial charge in [-0.15, -0.1) is 0 Å². The van der Waals surface area contributed by atoms with Crippen LogP contribution in [0.1, 0.15) is 12.2 Å². The maximum Gasteiger partial charge on any atom is 0.226 e. The standard InChI is InChI=1S/C11H16N2O3/c12-4-8-1-2-13(5-8)6-9-3-10(14)11(15)7-16-9/h3,7-8,15H,1-2,4-6,12H2. The second-order valence-corrected chi connectivity index (χ2v) is 4.22. The Labute approximate surface area is 93.5 Å². The van der Waals surface area contributed by atoms with E-state index in [1.54, 1.807) is 0 Å². The molecular weight excluding hydrogens is 208 g/mol. The van der Waals surface area contributed by atoms with Crippen LogP contribution in [-0.2, 0) is 6.54 Å². The number of likely N-dealkylation sites (tertiary alicyclic amines) is 1. The van der Waals surface area contributed by atoms with Gasteiger partial charge in [-0.1, -0.05) is 0 Å². The van der Waals surface area contributed by atoms with E-state index in [1.165, 1.54) is 6.07 Å². The third-order valence-electron chi connectivity index (χ3n) is 2.95. The van der Waals surface area contributed by atoms with Crippen molar-refractivity contribution in [3.05, 3.63) is 28.3 Å². The molecule has 16 heavy (non-hydrogen) atoms. The van der Waals surface area contributed by atoms with Crippen LogP contribution >= 0.6 is 0 Å². The van der Waals surface area contributed by atoms with Crippen molar-refractivity contribution in [2.75, 3.05) is 19.6 Å². The van der Waals surface area contributed by atoms with Crippen LogP contribution in [0.4, 0.5) is 0 Å². The van der Waals surface area contributed by atoms with E-state index >= 15 is 0 Å². The average molecular weight is 224 g/mol. The topological polar surface area (TPSA) is 79.7 Å². The second-order valence-electron chi connectivity index (χ2n) is 4.22. The van der Waals surface area contributed by atoms with Crippen LogP contribution in [0, 0.1) is 5.92 Å². The summed E-state index contributed by atoms with van der Waals surface area (Å²) in [7, 11) is 0. The highest BCUT2D eigenvalue weighted by Crippen LogP contribution is 2.17. The Hall–Kier alpha value is -1.33. The third kappa shape index (κ3) is 2.43. The molecule has 5 heteroatoms. The van der Waals surface area contributed by atoms with Crippen LogP contribution in [0.25, 0.3) is 0 Å². The summed E-state index contributed by atoms with van der Waals surface area (Å²) >= 11 is 0. The summed E-state index contributed by atoms with van der Waals surface area (Å²) in [6.45, 7) is 3.23. The lowest BCUT2D eigenvalue weighted by atomic mass is 10.1. The Morgan fingerprint density at radius 3 is 3.06 bits per heavy atom. The summed E-state index contributed by atoms with van der Waals surface area (Å²) < 4.78 is 5.15. The fourth-order valence-corrected chi connectivity index (χ4v) is 2.00. The Morgan fingerprint density at radius 2 is 2.44 bits per heavy atom. The van der Waals surface area contributed by atoms with Crippen molar-refractivity contribution in [2.45, 2.75) is 13.0 Å². The van der Waals surface area contributed by atoms with Gasteiger partial charge in [0, 0.05) is 12.6 Å². The highest BCUT2D eigenvalue weighted by atomic mass is 16.4. The molecule has 0 saturated carbocycles. The molecule has 0 bridgehead atoms. The van der Waals surface area contributed by atoms with Gasteiger partial charge in [-0.3, -0.25) is 9.69 Å². The van der Waals surface area contributed by atoms with Gasteiger partial charge in [-0.2, -0.15) is 0 Å². The van der Waals surface area contributed by atoms with Crippen molar-refractivity contribution in [3.8, 4) is 5.75 Å². The lowest BCUT2D eigenvalue weighted by Gasteiger charge is -2.14. The Kier molecular flexibility index (Phi) is 3.26. The minimum absolute atomic E-state index is 0.343. The molecular formula is C11H16N2O3. The normalized spacial score (nSPS) is 21.4. The zero-order valence-electron chi connectivity index (χ0n) is 9.06. The van der Waals surface area contributed by atoms with Gasteiger partial charge in [0.25, 0.3) is 0 Å². The number of hydrogen-bond donors (Lipinski definition) is 2. The molecule has 88 valence electrons. The van der Waals surface area contributed by atoms with Crippen molar-refractivity contribution in [1.29, 1.82) is 0 Å². The van der Waals surface area contributed by atoms with Crippen LogP contribution in [0.5, 0.6) is 5.75 Å². The van der Waals surface area contributed by atoms with Crippen molar-refractivity contribution in [3.63, 3.8) is 0 Å². The molecule has 2 heterocycles. The summed E-state index contributed by atoms with van der Waals surface area (Å²) in [6.07, 6.45) is 2.19. The lowest BCUT2D eigenvalue weighted by Crippen LogP contribution is -2.23. The van der Waals surface area contributed by atoms with Gasteiger partial charge in [0.15, 0.2) is 5.75 Å².